The van der Waals surface area contributed by atoms with Gasteiger partial charge in [0.2, 0.25) is 0 Å². The van der Waals surface area contributed by atoms with Crippen molar-refractivity contribution in [2.45, 2.75) is 18.6 Å². The number of urea groups is 1. The third-order valence-electron chi connectivity index (χ3n) is 3.06. The molecule has 0 radical (unpaired) electrons. The summed E-state index contributed by atoms with van der Waals surface area (Å²) in [7, 11) is 0. The third kappa shape index (κ3) is 3.30. The van der Waals surface area contributed by atoms with Crippen LogP contribution in [0.4, 0.5) is 19.3 Å². The highest BCUT2D eigenvalue weighted by Crippen LogP contribution is 2.25. The third-order valence-corrected chi connectivity index (χ3v) is 3.52. The van der Waals surface area contributed by atoms with Crippen LogP contribution in [0.15, 0.2) is 16.6 Å². The number of aliphatic carboxylic acids is 1. The number of carbonyl (C=O) groups excluding carboxylic acids is 1. The molecular formula is C12H11BrF2N2O4. The van der Waals surface area contributed by atoms with Crippen LogP contribution in [0.3, 0.4) is 0 Å². The lowest BCUT2D eigenvalue weighted by Crippen LogP contribution is -2.43. The number of benzene rings is 1. The minimum atomic E-state index is -1.29. The molecule has 1 aromatic rings. The lowest BCUT2D eigenvalue weighted by atomic mass is 10.2. The number of β-amino-alcohol motifs (C(OH)–C–C–N with tert-alkyl or cyclic N) is 1. The molecule has 6 nitrogen and oxygen atoms in total. The smallest absolute Gasteiger partial charge is 0.326 e. The van der Waals surface area contributed by atoms with Gasteiger partial charge in [0.25, 0.3) is 0 Å². The molecule has 0 unspecified atom stereocenters. The van der Waals surface area contributed by atoms with Crippen LogP contribution >= 0.6 is 15.9 Å². The Morgan fingerprint density at radius 2 is 1.90 bits per heavy atom. The van der Waals surface area contributed by atoms with Gasteiger partial charge in [0.05, 0.1) is 6.10 Å². The normalized spacial score (nSPS) is 21.4. The van der Waals surface area contributed by atoms with Crippen molar-refractivity contribution in [2.24, 2.45) is 0 Å². The van der Waals surface area contributed by atoms with Crippen LogP contribution in [0.25, 0.3) is 0 Å². The summed E-state index contributed by atoms with van der Waals surface area (Å²) in [6.45, 7) is -0.220. The molecule has 2 atom stereocenters. The molecule has 0 spiro atoms. The summed E-state index contributed by atoms with van der Waals surface area (Å²) in [4.78, 5) is 23.8. The second-order valence-corrected chi connectivity index (χ2v) is 5.49. The summed E-state index contributed by atoms with van der Waals surface area (Å²) in [5, 5.41) is 20.4. The molecule has 0 aliphatic carbocycles. The fourth-order valence-electron chi connectivity index (χ4n) is 2.11. The van der Waals surface area contributed by atoms with Crippen molar-refractivity contribution in [3.8, 4) is 0 Å². The highest BCUT2D eigenvalue weighted by molar-refractivity contribution is 9.10. The summed E-state index contributed by atoms with van der Waals surface area (Å²) in [6, 6.07) is -0.293. The van der Waals surface area contributed by atoms with Gasteiger partial charge in [0.15, 0.2) is 11.6 Å². The number of aliphatic hydroxyl groups excluding tert-OH is 1. The number of aliphatic hydroxyl groups is 1. The van der Waals surface area contributed by atoms with Gasteiger partial charge in [-0.15, -0.1) is 0 Å². The highest BCUT2D eigenvalue weighted by Gasteiger charge is 2.39. The first-order chi connectivity index (χ1) is 9.79. The zero-order chi connectivity index (χ0) is 15.7. The lowest BCUT2D eigenvalue weighted by molar-refractivity contribution is -0.141. The van der Waals surface area contributed by atoms with E-state index in [0.717, 1.165) is 17.0 Å². The van der Waals surface area contributed by atoms with Crippen molar-refractivity contribution < 1.29 is 28.6 Å². The van der Waals surface area contributed by atoms with Crippen molar-refractivity contribution in [1.82, 2.24) is 4.90 Å². The summed E-state index contributed by atoms with van der Waals surface area (Å²) < 4.78 is 27.4. The molecule has 1 fully saturated rings. The molecule has 114 valence electrons. The molecule has 21 heavy (non-hydrogen) atoms. The van der Waals surface area contributed by atoms with Gasteiger partial charge in [-0.25, -0.2) is 18.4 Å². The average Bonchev–Trinajstić information content (AvgIpc) is 2.76. The molecule has 0 saturated carbocycles. The van der Waals surface area contributed by atoms with E-state index in [-0.39, 0.29) is 17.4 Å². The maximum absolute atomic E-state index is 13.6. The van der Waals surface area contributed by atoms with Crippen molar-refractivity contribution in [1.29, 1.82) is 0 Å². The van der Waals surface area contributed by atoms with E-state index >= 15 is 0 Å². The minimum Gasteiger partial charge on any atom is -0.480 e. The van der Waals surface area contributed by atoms with Crippen molar-refractivity contribution in [3.05, 3.63) is 28.2 Å². The Labute approximate surface area is 126 Å². The number of nitrogens with zero attached hydrogens (tertiary/aromatic N) is 1. The maximum Gasteiger partial charge on any atom is 0.326 e. The summed E-state index contributed by atoms with van der Waals surface area (Å²) in [5.74, 6) is -3.29. The quantitative estimate of drug-likeness (QED) is 0.746. The van der Waals surface area contributed by atoms with Gasteiger partial charge in [0, 0.05) is 17.4 Å². The Kier molecular flexibility index (Phi) is 4.43. The highest BCUT2D eigenvalue weighted by atomic mass is 79.9. The fraction of sp³-hybridized carbons (Fsp3) is 0.333. The summed E-state index contributed by atoms with van der Waals surface area (Å²) >= 11 is 2.90. The second kappa shape index (κ2) is 5.94. The van der Waals surface area contributed by atoms with E-state index in [9.17, 15) is 23.5 Å². The molecule has 0 bridgehead atoms. The first-order valence-electron chi connectivity index (χ1n) is 5.92. The molecule has 3 N–H and O–H groups in total. The number of carboxylic acid groups (broad SMARTS) is 1. The predicted octanol–water partition coefficient (Wildman–Crippen LogP) is 1.78. The van der Waals surface area contributed by atoms with E-state index in [1.807, 2.05) is 5.32 Å². The molecular weight excluding hydrogens is 354 g/mol. The summed E-state index contributed by atoms with van der Waals surface area (Å²) in [6.07, 6.45) is -1.12. The van der Waals surface area contributed by atoms with E-state index in [4.69, 9.17) is 5.11 Å². The summed E-state index contributed by atoms with van der Waals surface area (Å²) in [5.41, 5.74) is -0.672. The standard InChI is InChI=1S/C12H11BrF2N2O4/c13-5-1-7(14)10(8(15)2-5)16-12(21)17-4-6(18)3-9(17)11(19)20/h1-2,6,9,18H,3-4H2,(H,16,21)(H,19,20)/t6-,9-/m1/s1. The van der Waals surface area contributed by atoms with Crippen molar-refractivity contribution in [2.75, 3.05) is 11.9 Å². The predicted molar refractivity (Wildman–Crippen MR) is 71.8 cm³/mol. The van der Waals surface area contributed by atoms with Crippen molar-refractivity contribution >= 4 is 33.6 Å². The van der Waals surface area contributed by atoms with Crippen LogP contribution < -0.4 is 5.32 Å². The molecule has 2 rings (SSSR count). The first kappa shape index (κ1) is 15.6. The van der Waals surface area contributed by atoms with E-state index in [0.29, 0.717) is 0 Å². The number of hydrogen-bond donors (Lipinski definition) is 3. The minimum absolute atomic E-state index is 0.131. The number of amides is 2. The van der Waals surface area contributed by atoms with Gasteiger partial charge < -0.3 is 20.4 Å². The number of halogens is 3. The Balaban J connectivity index is 2.20. The average molecular weight is 365 g/mol. The number of nitrogens with one attached hydrogen (secondary N) is 1. The number of anilines is 1. The van der Waals surface area contributed by atoms with Crippen LogP contribution in [-0.4, -0.2) is 45.8 Å². The topological polar surface area (TPSA) is 89.9 Å². The molecule has 0 aromatic heterocycles. The maximum atomic E-state index is 13.6. The largest absolute Gasteiger partial charge is 0.480 e. The van der Waals surface area contributed by atoms with E-state index in [1.165, 1.54) is 0 Å². The first-order valence-corrected chi connectivity index (χ1v) is 6.72. The number of likely N-dealkylation sites (tertiary alicyclic amines) is 1. The van der Waals surface area contributed by atoms with Gasteiger partial charge in [-0.3, -0.25) is 0 Å². The number of hydrogen-bond acceptors (Lipinski definition) is 3. The zero-order valence-electron chi connectivity index (χ0n) is 10.5. The van der Waals surface area contributed by atoms with Crippen LogP contribution in [0, 0.1) is 11.6 Å². The zero-order valence-corrected chi connectivity index (χ0v) is 12.1. The lowest BCUT2D eigenvalue weighted by Gasteiger charge is -2.21. The van der Waals surface area contributed by atoms with Gasteiger partial charge in [-0.2, -0.15) is 0 Å². The van der Waals surface area contributed by atoms with E-state index < -0.39 is 41.5 Å². The number of carboxylic acids is 1. The van der Waals surface area contributed by atoms with Gasteiger partial charge in [-0.05, 0) is 12.1 Å². The molecule has 1 heterocycles. The molecule has 1 aliphatic heterocycles. The van der Waals surface area contributed by atoms with Crippen LogP contribution in [0.5, 0.6) is 0 Å². The molecule has 1 saturated heterocycles. The molecule has 1 aliphatic rings. The molecule has 1 aromatic carbocycles. The Hall–Kier alpha value is -1.74. The Morgan fingerprint density at radius 3 is 2.43 bits per heavy atom. The van der Waals surface area contributed by atoms with Crippen molar-refractivity contribution in [3.63, 3.8) is 0 Å². The Bertz CT molecular complexity index is 576. The molecule has 2 amide bonds. The van der Waals surface area contributed by atoms with Crippen LogP contribution in [0.2, 0.25) is 0 Å². The SMILES string of the molecule is O=C(O)[C@H]1C[C@@H](O)CN1C(=O)Nc1c(F)cc(Br)cc1F. The van der Waals surface area contributed by atoms with Gasteiger partial charge in [-0.1, -0.05) is 15.9 Å². The second-order valence-electron chi connectivity index (χ2n) is 4.57. The monoisotopic (exact) mass is 364 g/mol. The number of rotatable bonds is 2. The van der Waals surface area contributed by atoms with E-state index in [2.05, 4.69) is 15.9 Å². The molecule has 9 heteroatoms. The van der Waals surface area contributed by atoms with Crippen LogP contribution in [-0.2, 0) is 4.79 Å². The van der Waals surface area contributed by atoms with Gasteiger partial charge >= 0.3 is 12.0 Å². The fourth-order valence-corrected chi connectivity index (χ4v) is 2.51. The van der Waals surface area contributed by atoms with Crippen LogP contribution in [0.1, 0.15) is 6.42 Å². The number of carbonyl (C=O) groups is 2. The van der Waals surface area contributed by atoms with E-state index in [1.54, 1.807) is 0 Å². The van der Waals surface area contributed by atoms with Gasteiger partial charge in [0.1, 0.15) is 11.7 Å². The Morgan fingerprint density at radius 1 is 1.33 bits per heavy atom.